The predicted octanol–water partition coefficient (Wildman–Crippen LogP) is 3.76. The third-order valence-electron chi connectivity index (χ3n) is 4.81. The second-order valence-electron chi connectivity index (χ2n) is 6.25. The summed E-state index contributed by atoms with van der Waals surface area (Å²) in [6.45, 7) is 6.61. The molecule has 0 aromatic heterocycles. The molecular weight excluding hydrogens is 256 g/mol. The molecule has 19 heavy (non-hydrogen) atoms. The highest BCUT2D eigenvalue weighted by Crippen LogP contribution is 2.38. The maximum absolute atomic E-state index is 6.46. The van der Waals surface area contributed by atoms with Crippen LogP contribution in [0.15, 0.2) is 18.2 Å². The molecule has 2 aliphatic rings. The van der Waals surface area contributed by atoms with Gasteiger partial charge in [0.2, 0.25) is 0 Å². The number of rotatable bonds is 1. The van der Waals surface area contributed by atoms with Crippen LogP contribution in [0, 0.1) is 6.92 Å². The topological polar surface area (TPSA) is 15.3 Å². The van der Waals surface area contributed by atoms with Crippen molar-refractivity contribution in [3.63, 3.8) is 0 Å². The van der Waals surface area contributed by atoms with Gasteiger partial charge in [0.25, 0.3) is 0 Å². The van der Waals surface area contributed by atoms with Crippen molar-refractivity contribution in [1.29, 1.82) is 0 Å². The molecule has 1 aromatic carbocycles. The van der Waals surface area contributed by atoms with Gasteiger partial charge in [-0.2, -0.15) is 0 Å². The molecule has 0 bridgehead atoms. The Kier molecular flexibility index (Phi) is 3.48. The molecule has 1 spiro atoms. The zero-order valence-corrected chi connectivity index (χ0v) is 12.6. The summed E-state index contributed by atoms with van der Waals surface area (Å²) in [5.74, 6) is 0. The van der Waals surface area contributed by atoms with Crippen molar-refractivity contribution in [2.45, 2.75) is 51.1 Å². The summed E-state index contributed by atoms with van der Waals surface area (Å²) in [4.78, 5) is 2.53. The second kappa shape index (κ2) is 4.99. The molecule has 3 rings (SSSR count). The quantitative estimate of drug-likeness (QED) is 0.841. The molecule has 1 aliphatic carbocycles. The first-order valence-corrected chi connectivity index (χ1v) is 7.76. The van der Waals surface area contributed by atoms with Gasteiger partial charge >= 0.3 is 0 Å². The van der Waals surface area contributed by atoms with Crippen LogP contribution in [0.2, 0.25) is 5.02 Å². The molecule has 104 valence electrons. The minimum absolute atomic E-state index is 0.331. The summed E-state index contributed by atoms with van der Waals surface area (Å²) in [6, 6.07) is 6.72. The first-order valence-electron chi connectivity index (χ1n) is 7.38. The second-order valence-corrected chi connectivity index (χ2v) is 6.66. The van der Waals surface area contributed by atoms with Gasteiger partial charge in [-0.1, -0.05) is 36.6 Å². The highest BCUT2D eigenvalue weighted by molar-refractivity contribution is 6.33. The maximum Gasteiger partial charge on any atom is 0.0642 e. The Hall–Kier alpha value is -0.730. The highest BCUT2D eigenvalue weighted by Gasteiger charge is 2.40. The lowest BCUT2D eigenvalue weighted by atomic mass is 9.92. The van der Waals surface area contributed by atoms with E-state index in [-0.39, 0.29) is 0 Å². The molecule has 2 nitrogen and oxygen atoms in total. The van der Waals surface area contributed by atoms with E-state index >= 15 is 0 Å². The van der Waals surface area contributed by atoms with Crippen molar-refractivity contribution in [2.75, 3.05) is 18.0 Å². The number of para-hydroxylation sites is 1. The fraction of sp³-hybridized carbons (Fsp3) is 0.625. The average Bonchev–Trinajstić information content (AvgIpc) is 2.82. The molecule has 2 fully saturated rings. The summed E-state index contributed by atoms with van der Waals surface area (Å²) in [7, 11) is 0. The van der Waals surface area contributed by atoms with Crippen molar-refractivity contribution in [3.8, 4) is 0 Å². The Bertz CT molecular complexity index is 446. The predicted molar refractivity (Wildman–Crippen MR) is 82.2 cm³/mol. The third kappa shape index (κ3) is 2.36. The van der Waals surface area contributed by atoms with Crippen LogP contribution in [0.4, 0.5) is 5.69 Å². The molecule has 1 aliphatic heterocycles. The van der Waals surface area contributed by atoms with Crippen molar-refractivity contribution in [2.24, 2.45) is 0 Å². The van der Waals surface area contributed by atoms with Crippen molar-refractivity contribution in [1.82, 2.24) is 5.32 Å². The number of halogens is 1. The Balaban J connectivity index is 1.93. The van der Waals surface area contributed by atoms with E-state index in [1.165, 1.54) is 36.9 Å². The molecular formula is C16H23ClN2. The van der Waals surface area contributed by atoms with Gasteiger partial charge in [0, 0.05) is 24.7 Å². The fourth-order valence-corrected chi connectivity index (χ4v) is 4.02. The van der Waals surface area contributed by atoms with E-state index in [2.05, 4.69) is 30.1 Å². The summed E-state index contributed by atoms with van der Waals surface area (Å²) in [6.07, 6.45) is 5.33. The summed E-state index contributed by atoms with van der Waals surface area (Å²) >= 11 is 6.46. The number of anilines is 1. The highest BCUT2D eigenvalue weighted by atomic mass is 35.5. The molecule has 3 heteroatoms. The molecule has 0 radical (unpaired) electrons. The van der Waals surface area contributed by atoms with E-state index in [1.54, 1.807) is 0 Å². The van der Waals surface area contributed by atoms with Crippen LogP contribution in [-0.2, 0) is 0 Å². The van der Waals surface area contributed by atoms with E-state index < -0.39 is 0 Å². The number of nitrogens with zero attached hydrogens (tertiary/aromatic N) is 1. The Labute approximate surface area is 121 Å². The third-order valence-corrected chi connectivity index (χ3v) is 5.12. The lowest BCUT2D eigenvalue weighted by Crippen LogP contribution is -2.62. The SMILES string of the molecule is Cc1cccc(Cl)c1N1CC2(CCCC2)NCC1C. The van der Waals surface area contributed by atoms with Crippen LogP contribution in [0.1, 0.15) is 38.2 Å². The molecule has 1 N–H and O–H groups in total. The summed E-state index contributed by atoms with van der Waals surface area (Å²) in [5, 5.41) is 4.69. The number of piperazine rings is 1. The lowest BCUT2D eigenvalue weighted by molar-refractivity contribution is 0.276. The van der Waals surface area contributed by atoms with Crippen LogP contribution in [-0.4, -0.2) is 24.7 Å². The Morgan fingerprint density at radius 2 is 2.05 bits per heavy atom. The smallest absolute Gasteiger partial charge is 0.0642 e. The van der Waals surface area contributed by atoms with Gasteiger partial charge in [0.05, 0.1) is 10.7 Å². The molecule has 0 amide bonds. The standard InChI is InChI=1S/C16H23ClN2/c1-12-6-5-7-14(17)15(12)19-11-16(8-3-4-9-16)18-10-13(19)2/h5-7,13,18H,3-4,8-11H2,1-2H3. The van der Waals surface area contributed by atoms with Crippen LogP contribution >= 0.6 is 11.6 Å². The zero-order chi connectivity index (χ0) is 13.5. The maximum atomic E-state index is 6.46. The number of aryl methyl sites for hydroxylation is 1. The van der Waals surface area contributed by atoms with Crippen LogP contribution in [0.3, 0.4) is 0 Å². The van der Waals surface area contributed by atoms with E-state index in [0.29, 0.717) is 11.6 Å². The van der Waals surface area contributed by atoms with E-state index in [1.807, 2.05) is 12.1 Å². The van der Waals surface area contributed by atoms with Gasteiger partial charge in [-0.25, -0.2) is 0 Å². The van der Waals surface area contributed by atoms with E-state index in [4.69, 9.17) is 11.6 Å². The number of hydrogen-bond acceptors (Lipinski definition) is 2. The summed E-state index contributed by atoms with van der Waals surface area (Å²) < 4.78 is 0. The molecule has 1 atom stereocenters. The van der Waals surface area contributed by atoms with Gasteiger partial charge in [0.1, 0.15) is 0 Å². The lowest BCUT2D eigenvalue weighted by Gasteiger charge is -2.47. The number of benzene rings is 1. The van der Waals surface area contributed by atoms with Gasteiger partial charge < -0.3 is 10.2 Å². The number of nitrogens with one attached hydrogen (secondary N) is 1. The zero-order valence-electron chi connectivity index (χ0n) is 11.9. The van der Waals surface area contributed by atoms with Crippen molar-refractivity contribution < 1.29 is 0 Å². The van der Waals surface area contributed by atoms with Crippen LogP contribution < -0.4 is 10.2 Å². The minimum atomic E-state index is 0.331. The van der Waals surface area contributed by atoms with Gasteiger partial charge in [-0.3, -0.25) is 0 Å². The molecule has 1 saturated heterocycles. The largest absolute Gasteiger partial charge is 0.364 e. The first kappa shape index (κ1) is 13.3. The monoisotopic (exact) mass is 278 g/mol. The van der Waals surface area contributed by atoms with Crippen LogP contribution in [0.25, 0.3) is 0 Å². The van der Waals surface area contributed by atoms with Crippen molar-refractivity contribution in [3.05, 3.63) is 28.8 Å². The normalized spacial score (nSPS) is 26.1. The minimum Gasteiger partial charge on any atom is -0.364 e. The molecule has 1 heterocycles. The Morgan fingerprint density at radius 1 is 1.32 bits per heavy atom. The number of hydrogen-bond donors (Lipinski definition) is 1. The van der Waals surface area contributed by atoms with E-state index in [9.17, 15) is 0 Å². The van der Waals surface area contributed by atoms with E-state index in [0.717, 1.165) is 18.1 Å². The summed E-state index contributed by atoms with van der Waals surface area (Å²) in [5.41, 5.74) is 2.86. The van der Waals surface area contributed by atoms with Crippen LogP contribution in [0.5, 0.6) is 0 Å². The molecule has 1 unspecified atom stereocenters. The fourth-order valence-electron chi connectivity index (χ4n) is 3.69. The molecule has 1 saturated carbocycles. The Morgan fingerprint density at radius 3 is 2.74 bits per heavy atom. The first-order chi connectivity index (χ1) is 9.11. The molecule has 1 aromatic rings. The van der Waals surface area contributed by atoms with Gasteiger partial charge in [-0.15, -0.1) is 0 Å². The van der Waals surface area contributed by atoms with Gasteiger partial charge in [0.15, 0.2) is 0 Å². The van der Waals surface area contributed by atoms with Crippen molar-refractivity contribution >= 4 is 17.3 Å². The van der Waals surface area contributed by atoms with Gasteiger partial charge in [-0.05, 0) is 38.3 Å². The average molecular weight is 279 g/mol.